The molecular formula is C8H9ClN2O4S. The van der Waals surface area contributed by atoms with Crippen LogP contribution in [-0.2, 0) is 14.9 Å². The number of nitrogens with one attached hydrogen (secondary N) is 1. The molecule has 0 bridgehead atoms. The van der Waals surface area contributed by atoms with Gasteiger partial charge in [-0.1, -0.05) is 11.6 Å². The number of rotatable bonds is 2. The van der Waals surface area contributed by atoms with Gasteiger partial charge < -0.3 is 11.1 Å². The Morgan fingerprint density at radius 3 is 2.50 bits per heavy atom. The molecule has 1 aromatic rings. The lowest BCUT2D eigenvalue weighted by atomic mass is 10.3. The second-order valence-corrected chi connectivity index (χ2v) is 4.82. The maximum Gasteiger partial charge on any atom is 0.296 e. The van der Waals surface area contributed by atoms with Crippen LogP contribution >= 0.6 is 11.6 Å². The second-order valence-electron chi connectivity index (χ2n) is 3.03. The molecule has 0 fully saturated rings. The molecule has 1 aromatic carbocycles. The summed E-state index contributed by atoms with van der Waals surface area (Å²) < 4.78 is 30.8. The quantitative estimate of drug-likeness (QED) is 0.548. The van der Waals surface area contributed by atoms with E-state index in [4.69, 9.17) is 21.9 Å². The molecule has 1 amide bonds. The van der Waals surface area contributed by atoms with Crippen LogP contribution in [0.1, 0.15) is 6.92 Å². The molecule has 16 heavy (non-hydrogen) atoms. The van der Waals surface area contributed by atoms with Crippen LogP contribution in [0.15, 0.2) is 17.0 Å². The first-order chi connectivity index (χ1) is 7.21. The van der Waals surface area contributed by atoms with Crippen LogP contribution in [0, 0.1) is 0 Å². The van der Waals surface area contributed by atoms with Gasteiger partial charge in [0.05, 0.1) is 10.7 Å². The third kappa shape index (κ3) is 2.84. The summed E-state index contributed by atoms with van der Waals surface area (Å²) in [7, 11) is -4.48. The molecule has 1 rings (SSSR count). The van der Waals surface area contributed by atoms with Gasteiger partial charge in [-0.2, -0.15) is 8.42 Å². The molecular weight excluding hydrogens is 256 g/mol. The average molecular weight is 265 g/mol. The molecule has 0 atom stereocenters. The lowest BCUT2D eigenvalue weighted by Gasteiger charge is -2.08. The fraction of sp³-hybridized carbons (Fsp3) is 0.125. The Kier molecular flexibility index (Phi) is 3.41. The lowest BCUT2D eigenvalue weighted by Crippen LogP contribution is -2.09. The fourth-order valence-electron chi connectivity index (χ4n) is 1.08. The first kappa shape index (κ1) is 12.8. The second kappa shape index (κ2) is 4.28. The predicted molar refractivity (Wildman–Crippen MR) is 60.0 cm³/mol. The van der Waals surface area contributed by atoms with Gasteiger partial charge in [0.1, 0.15) is 4.90 Å². The molecule has 0 aliphatic heterocycles. The monoisotopic (exact) mass is 264 g/mol. The van der Waals surface area contributed by atoms with Crippen molar-refractivity contribution in [2.75, 3.05) is 11.1 Å². The van der Waals surface area contributed by atoms with Crippen LogP contribution in [0.4, 0.5) is 11.4 Å². The summed E-state index contributed by atoms with van der Waals surface area (Å²) in [6, 6.07) is 2.31. The van der Waals surface area contributed by atoms with E-state index in [0.717, 1.165) is 6.07 Å². The Hall–Kier alpha value is -1.31. The van der Waals surface area contributed by atoms with E-state index in [-0.39, 0.29) is 16.4 Å². The Labute approximate surface area is 97.1 Å². The zero-order chi connectivity index (χ0) is 12.5. The van der Waals surface area contributed by atoms with Crippen LogP contribution in [-0.4, -0.2) is 18.9 Å². The number of halogens is 1. The van der Waals surface area contributed by atoms with Crippen molar-refractivity contribution in [3.63, 3.8) is 0 Å². The van der Waals surface area contributed by atoms with E-state index in [2.05, 4.69) is 5.32 Å². The summed E-state index contributed by atoms with van der Waals surface area (Å²) >= 11 is 5.66. The molecule has 0 radical (unpaired) electrons. The van der Waals surface area contributed by atoms with Crippen LogP contribution < -0.4 is 11.1 Å². The van der Waals surface area contributed by atoms with Crippen molar-refractivity contribution in [3.05, 3.63) is 17.2 Å². The number of carbonyl (C=O) groups excluding carboxylic acids is 1. The highest BCUT2D eigenvalue weighted by Crippen LogP contribution is 2.30. The summed E-state index contributed by atoms with van der Waals surface area (Å²) in [5.41, 5.74) is 5.26. The number of nitrogen functional groups attached to an aromatic ring is 1. The maximum absolute atomic E-state index is 10.9. The van der Waals surface area contributed by atoms with E-state index in [1.54, 1.807) is 0 Å². The zero-order valence-electron chi connectivity index (χ0n) is 8.19. The third-order valence-electron chi connectivity index (χ3n) is 1.69. The third-order valence-corrected chi connectivity index (χ3v) is 2.90. The minimum absolute atomic E-state index is 0.0705. The first-order valence-corrected chi connectivity index (χ1v) is 5.87. The van der Waals surface area contributed by atoms with Gasteiger partial charge >= 0.3 is 0 Å². The topological polar surface area (TPSA) is 109 Å². The molecule has 4 N–H and O–H groups in total. The Morgan fingerprint density at radius 2 is 2.06 bits per heavy atom. The summed E-state index contributed by atoms with van der Waals surface area (Å²) in [6.45, 7) is 1.25. The minimum Gasteiger partial charge on any atom is -0.396 e. The van der Waals surface area contributed by atoms with Crippen molar-refractivity contribution in [2.45, 2.75) is 11.8 Å². The van der Waals surface area contributed by atoms with E-state index in [1.807, 2.05) is 0 Å². The first-order valence-electron chi connectivity index (χ1n) is 4.06. The Bertz CT molecular complexity index is 541. The number of hydrogen-bond donors (Lipinski definition) is 3. The van der Waals surface area contributed by atoms with Gasteiger partial charge in [-0.05, 0) is 12.1 Å². The average Bonchev–Trinajstić information content (AvgIpc) is 2.08. The summed E-state index contributed by atoms with van der Waals surface area (Å²) in [4.78, 5) is 10.2. The normalized spacial score (nSPS) is 11.2. The summed E-state index contributed by atoms with van der Waals surface area (Å²) in [5.74, 6) is -0.401. The van der Waals surface area contributed by atoms with E-state index in [9.17, 15) is 13.2 Å². The van der Waals surface area contributed by atoms with Crippen LogP contribution in [0.5, 0.6) is 0 Å². The summed E-state index contributed by atoms with van der Waals surface area (Å²) in [5, 5.41) is 2.26. The predicted octanol–water partition coefficient (Wildman–Crippen LogP) is 1.13. The van der Waals surface area contributed by atoms with Crippen molar-refractivity contribution in [1.82, 2.24) is 0 Å². The van der Waals surface area contributed by atoms with E-state index < -0.39 is 20.9 Å². The van der Waals surface area contributed by atoms with Gasteiger partial charge in [0.25, 0.3) is 10.1 Å². The van der Waals surface area contributed by atoms with Crippen molar-refractivity contribution in [3.8, 4) is 0 Å². The number of amides is 1. The number of carbonyl (C=O) groups is 1. The van der Waals surface area contributed by atoms with Crippen LogP contribution in [0.2, 0.25) is 5.02 Å². The molecule has 0 aromatic heterocycles. The highest BCUT2D eigenvalue weighted by Gasteiger charge is 2.17. The van der Waals surface area contributed by atoms with Crippen molar-refractivity contribution in [1.29, 1.82) is 0 Å². The van der Waals surface area contributed by atoms with E-state index in [0.29, 0.717) is 0 Å². The minimum atomic E-state index is -4.48. The van der Waals surface area contributed by atoms with Crippen molar-refractivity contribution in [2.24, 2.45) is 0 Å². The van der Waals surface area contributed by atoms with Gasteiger partial charge in [0.15, 0.2) is 0 Å². The zero-order valence-corrected chi connectivity index (χ0v) is 9.76. The SMILES string of the molecule is CC(=O)Nc1cc(Cl)c(N)c(S(=O)(=O)O)c1. The molecule has 88 valence electrons. The fourth-order valence-corrected chi connectivity index (χ4v) is 2.02. The molecule has 0 aliphatic rings. The van der Waals surface area contributed by atoms with Gasteiger partial charge in [0, 0.05) is 12.6 Å². The van der Waals surface area contributed by atoms with Crippen molar-refractivity contribution < 1.29 is 17.8 Å². The molecule has 0 aliphatic carbocycles. The number of anilines is 2. The molecule has 8 heteroatoms. The number of nitrogens with two attached hydrogens (primary N) is 1. The molecule has 0 unspecified atom stereocenters. The van der Waals surface area contributed by atoms with Crippen molar-refractivity contribution >= 4 is 39.0 Å². The number of hydrogen-bond acceptors (Lipinski definition) is 4. The van der Waals surface area contributed by atoms with Crippen LogP contribution in [0.25, 0.3) is 0 Å². The molecule has 0 saturated heterocycles. The summed E-state index contributed by atoms with van der Waals surface area (Å²) in [6.07, 6.45) is 0. The largest absolute Gasteiger partial charge is 0.396 e. The molecule has 0 saturated carbocycles. The van der Waals surface area contributed by atoms with E-state index in [1.165, 1.54) is 13.0 Å². The molecule has 0 spiro atoms. The Balaban J connectivity index is 3.39. The van der Waals surface area contributed by atoms with Crippen LogP contribution in [0.3, 0.4) is 0 Å². The molecule has 0 heterocycles. The van der Waals surface area contributed by atoms with E-state index >= 15 is 0 Å². The standard InChI is InChI=1S/C8H9ClN2O4S/c1-4(12)11-5-2-6(9)8(10)7(3-5)16(13,14)15/h2-3H,10H2,1H3,(H,11,12)(H,13,14,15). The maximum atomic E-state index is 10.9. The van der Waals surface area contributed by atoms with Gasteiger partial charge in [-0.15, -0.1) is 0 Å². The highest BCUT2D eigenvalue weighted by atomic mass is 35.5. The van der Waals surface area contributed by atoms with Gasteiger partial charge in [-0.3, -0.25) is 9.35 Å². The number of benzene rings is 1. The smallest absolute Gasteiger partial charge is 0.296 e. The highest BCUT2D eigenvalue weighted by molar-refractivity contribution is 7.86. The lowest BCUT2D eigenvalue weighted by molar-refractivity contribution is -0.114. The van der Waals surface area contributed by atoms with Gasteiger partial charge in [-0.25, -0.2) is 0 Å². The van der Waals surface area contributed by atoms with Gasteiger partial charge in [0.2, 0.25) is 5.91 Å². The molecule has 6 nitrogen and oxygen atoms in total. The Morgan fingerprint density at radius 1 is 1.50 bits per heavy atom.